The van der Waals surface area contributed by atoms with Crippen molar-refractivity contribution in [2.45, 2.75) is 44.2 Å². The number of hydrogen-bond acceptors (Lipinski definition) is 5. The summed E-state index contributed by atoms with van der Waals surface area (Å²) in [7, 11) is 1.42. The minimum atomic E-state index is -0.241. The molecule has 1 heterocycles. The molecular formula is C13H21NO3S. The van der Waals surface area contributed by atoms with E-state index in [0.29, 0.717) is 0 Å². The zero-order valence-corrected chi connectivity index (χ0v) is 12.2. The lowest BCUT2D eigenvalue weighted by molar-refractivity contribution is -0.143. The maximum Gasteiger partial charge on any atom is 0.322 e. The van der Waals surface area contributed by atoms with Crippen LogP contribution >= 0.6 is 11.8 Å². The molecule has 18 heavy (non-hydrogen) atoms. The van der Waals surface area contributed by atoms with Crippen molar-refractivity contribution < 1.29 is 13.9 Å². The van der Waals surface area contributed by atoms with Crippen molar-refractivity contribution in [3.63, 3.8) is 0 Å². The first kappa shape index (κ1) is 15.1. The second kappa shape index (κ2) is 7.48. The number of carbonyl (C=O) groups excluding carboxylic acids is 1. The molecule has 0 spiro atoms. The molecule has 1 rings (SSSR count). The molecule has 102 valence electrons. The Morgan fingerprint density at radius 3 is 2.78 bits per heavy atom. The second-order valence-electron chi connectivity index (χ2n) is 4.38. The molecule has 1 unspecified atom stereocenters. The lowest BCUT2D eigenvalue weighted by Crippen LogP contribution is -2.41. The molecular weight excluding hydrogens is 250 g/mol. The summed E-state index contributed by atoms with van der Waals surface area (Å²) >= 11 is 1.70. The molecule has 1 aromatic heterocycles. The summed E-state index contributed by atoms with van der Waals surface area (Å²) in [5.74, 6) is 1.57. The number of carbonyl (C=O) groups is 1. The first-order valence-corrected chi connectivity index (χ1v) is 7.04. The lowest BCUT2D eigenvalue weighted by atomic mass is 10.2. The molecule has 5 heteroatoms. The van der Waals surface area contributed by atoms with Crippen LogP contribution < -0.4 is 5.32 Å². The van der Waals surface area contributed by atoms with E-state index in [9.17, 15) is 4.79 Å². The van der Waals surface area contributed by atoms with E-state index < -0.39 is 0 Å². The minimum Gasteiger partial charge on any atom is -0.468 e. The Bertz CT molecular complexity index is 376. The van der Waals surface area contributed by atoms with Gasteiger partial charge in [-0.05, 0) is 19.4 Å². The topological polar surface area (TPSA) is 51.5 Å². The number of hydrogen-bond donors (Lipinski definition) is 1. The number of methoxy groups -OCH3 is 1. The Hall–Kier alpha value is -0.940. The van der Waals surface area contributed by atoms with E-state index in [1.54, 1.807) is 18.0 Å². The summed E-state index contributed by atoms with van der Waals surface area (Å²) in [6.07, 6.45) is 2.42. The van der Waals surface area contributed by atoms with E-state index in [1.807, 2.05) is 26.8 Å². The fraction of sp³-hybridized carbons (Fsp3) is 0.615. The maximum absolute atomic E-state index is 11.6. The van der Waals surface area contributed by atoms with Gasteiger partial charge in [-0.25, -0.2) is 0 Å². The first-order chi connectivity index (χ1) is 8.54. The summed E-state index contributed by atoms with van der Waals surface area (Å²) < 4.78 is 10.0. The van der Waals surface area contributed by atoms with Crippen LogP contribution in [0.1, 0.15) is 26.0 Å². The molecule has 1 N–H and O–H groups in total. The Labute approximate surface area is 112 Å². The van der Waals surface area contributed by atoms with Crippen molar-refractivity contribution in [3.8, 4) is 0 Å². The highest BCUT2D eigenvalue weighted by Gasteiger charge is 2.19. The van der Waals surface area contributed by atoms with Gasteiger partial charge in [0.1, 0.15) is 11.8 Å². The van der Waals surface area contributed by atoms with Crippen LogP contribution in [0.2, 0.25) is 0 Å². The third kappa shape index (κ3) is 4.74. The van der Waals surface area contributed by atoms with Gasteiger partial charge in [0.05, 0.1) is 13.4 Å². The molecule has 0 amide bonds. The third-order valence-electron chi connectivity index (χ3n) is 2.50. The van der Waals surface area contributed by atoms with Crippen LogP contribution in [0.15, 0.2) is 21.6 Å². The van der Waals surface area contributed by atoms with Crippen molar-refractivity contribution in [1.29, 1.82) is 0 Å². The predicted molar refractivity (Wildman–Crippen MR) is 72.9 cm³/mol. The monoisotopic (exact) mass is 271 g/mol. The number of esters is 1. The van der Waals surface area contributed by atoms with Gasteiger partial charge in [0.25, 0.3) is 0 Å². The number of rotatable bonds is 7. The van der Waals surface area contributed by atoms with Gasteiger partial charge in [0.15, 0.2) is 0 Å². The van der Waals surface area contributed by atoms with Crippen LogP contribution in [0, 0.1) is 6.92 Å². The molecule has 0 aliphatic heterocycles. The molecule has 0 bridgehead atoms. The van der Waals surface area contributed by atoms with Gasteiger partial charge >= 0.3 is 5.97 Å². The summed E-state index contributed by atoms with van der Waals surface area (Å²) in [6, 6.07) is 1.97. The summed E-state index contributed by atoms with van der Waals surface area (Å²) in [6.45, 7) is 5.97. The Kier molecular flexibility index (Phi) is 6.29. The zero-order valence-electron chi connectivity index (χ0n) is 11.4. The molecule has 1 atom stereocenters. The van der Waals surface area contributed by atoms with Crippen LogP contribution in [-0.4, -0.2) is 30.9 Å². The van der Waals surface area contributed by atoms with E-state index in [4.69, 9.17) is 9.15 Å². The molecule has 0 saturated carbocycles. The third-order valence-corrected chi connectivity index (χ3v) is 3.67. The number of thioether (sulfide) groups is 1. The van der Waals surface area contributed by atoms with E-state index in [0.717, 1.165) is 22.8 Å². The zero-order chi connectivity index (χ0) is 13.5. The SMILES string of the molecule is COC(=O)C(CCSc1ccoc1C)NC(C)C. The van der Waals surface area contributed by atoms with Crippen LogP contribution in [0.25, 0.3) is 0 Å². The molecule has 0 radical (unpaired) electrons. The lowest BCUT2D eigenvalue weighted by Gasteiger charge is -2.18. The van der Waals surface area contributed by atoms with Crippen molar-refractivity contribution in [1.82, 2.24) is 5.32 Å². The number of aryl methyl sites for hydroxylation is 1. The molecule has 1 aromatic rings. The number of ether oxygens (including phenoxy) is 1. The van der Waals surface area contributed by atoms with Crippen LogP contribution in [0.3, 0.4) is 0 Å². The number of nitrogens with one attached hydrogen (secondary N) is 1. The van der Waals surface area contributed by atoms with E-state index in [-0.39, 0.29) is 18.1 Å². The fourth-order valence-electron chi connectivity index (χ4n) is 1.62. The highest BCUT2D eigenvalue weighted by Crippen LogP contribution is 2.24. The quantitative estimate of drug-likeness (QED) is 0.610. The molecule has 0 aromatic carbocycles. The van der Waals surface area contributed by atoms with E-state index in [2.05, 4.69) is 5.32 Å². The average Bonchev–Trinajstić information content (AvgIpc) is 2.72. The normalized spacial score (nSPS) is 12.7. The fourth-order valence-corrected chi connectivity index (χ4v) is 2.60. The maximum atomic E-state index is 11.6. The largest absolute Gasteiger partial charge is 0.468 e. The minimum absolute atomic E-state index is 0.201. The smallest absolute Gasteiger partial charge is 0.322 e. The second-order valence-corrected chi connectivity index (χ2v) is 5.51. The van der Waals surface area contributed by atoms with Gasteiger partial charge in [-0.3, -0.25) is 4.79 Å². The van der Waals surface area contributed by atoms with Gasteiger partial charge in [0, 0.05) is 16.7 Å². The average molecular weight is 271 g/mol. The predicted octanol–water partition coefficient (Wildman–Crippen LogP) is 2.61. The highest BCUT2D eigenvalue weighted by molar-refractivity contribution is 7.99. The van der Waals surface area contributed by atoms with Crippen LogP contribution in [0.4, 0.5) is 0 Å². The van der Waals surface area contributed by atoms with Crippen molar-refractivity contribution in [2.24, 2.45) is 0 Å². The molecule has 0 fully saturated rings. The van der Waals surface area contributed by atoms with Gasteiger partial charge in [-0.15, -0.1) is 11.8 Å². The van der Waals surface area contributed by atoms with E-state index >= 15 is 0 Å². The van der Waals surface area contributed by atoms with Crippen LogP contribution in [0.5, 0.6) is 0 Å². The summed E-state index contributed by atoms with van der Waals surface area (Å²) in [5, 5.41) is 3.21. The molecule has 0 aliphatic carbocycles. The van der Waals surface area contributed by atoms with Gasteiger partial charge in [-0.1, -0.05) is 13.8 Å². The van der Waals surface area contributed by atoms with Crippen LogP contribution in [-0.2, 0) is 9.53 Å². The van der Waals surface area contributed by atoms with Crippen molar-refractivity contribution in [2.75, 3.05) is 12.9 Å². The van der Waals surface area contributed by atoms with Gasteiger partial charge in [0.2, 0.25) is 0 Å². The summed E-state index contributed by atoms with van der Waals surface area (Å²) in [5.41, 5.74) is 0. The summed E-state index contributed by atoms with van der Waals surface area (Å²) in [4.78, 5) is 12.7. The van der Waals surface area contributed by atoms with Gasteiger partial charge in [-0.2, -0.15) is 0 Å². The van der Waals surface area contributed by atoms with E-state index in [1.165, 1.54) is 7.11 Å². The Morgan fingerprint density at radius 2 is 2.28 bits per heavy atom. The number of furan rings is 1. The van der Waals surface area contributed by atoms with Gasteiger partial charge < -0.3 is 14.5 Å². The Morgan fingerprint density at radius 1 is 1.56 bits per heavy atom. The van der Waals surface area contributed by atoms with Crippen molar-refractivity contribution >= 4 is 17.7 Å². The Balaban J connectivity index is 2.42. The molecule has 0 saturated heterocycles. The highest BCUT2D eigenvalue weighted by atomic mass is 32.2. The standard InChI is InChI=1S/C13H21NO3S/c1-9(2)14-11(13(15)16-4)6-8-18-12-5-7-17-10(12)3/h5,7,9,11,14H,6,8H2,1-4H3. The van der Waals surface area contributed by atoms with Crippen molar-refractivity contribution in [3.05, 3.63) is 18.1 Å². The molecule has 4 nitrogen and oxygen atoms in total. The first-order valence-electron chi connectivity index (χ1n) is 6.05. The molecule has 0 aliphatic rings.